The Morgan fingerprint density at radius 3 is 2.54 bits per heavy atom. The van der Waals surface area contributed by atoms with Gasteiger partial charge >= 0.3 is 6.18 Å². The maximum Gasteiger partial charge on any atom is 0.433 e. The van der Waals surface area contributed by atoms with Crippen LogP contribution in [0.25, 0.3) is 0 Å². The topological polar surface area (TPSA) is 112 Å². The van der Waals surface area contributed by atoms with E-state index in [1.165, 1.54) is 18.9 Å². The maximum absolute atomic E-state index is 12.9. The average molecular weight is 515 g/mol. The molecule has 2 saturated carbocycles. The molecule has 0 radical (unpaired) electrons. The van der Waals surface area contributed by atoms with Crippen molar-refractivity contribution in [2.45, 2.75) is 69.1 Å². The molecule has 1 amide bonds. The molecule has 2 aliphatic rings. The molecule has 2 aliphatic carbocycles. The van der Waals surface area contributed by atoms with Gasteiger partial charge < -0.3 is 15.5 Å². The van der Waals surface area contributed by atoms with Crippen LogP contribution in [-0.4, -0.2) is 50.2 Å². The summed E-state index contributed by atoms with van der Waals surface area (Å²) in [4.78, 5) is 26.9. The van der Waals surface area contributed by atoms with Gasteiger partial charge in [-0.05, 0) is 62.3 Å². The summed E-state index contributed by atoms with van der Waals surface area (Å²) in [5, 5.41) is 13.6. The number of anilines is 3. The molecule has 196 valence electrons. The van der Waals surface area contributed by atoms with Crippen molar-refractivity contribution in [3.8, 4) is 0 Å². The van der Waals surface area contributed by atoms with E-state index >= 15 is 0 Å². The van der Waals surface area contributed by atoms with E-state index in [-0.39, 0.29) is 30.0 Å². The summed E-state index contributed by atoms with van der Waals surface area (Å²) in [6.07, 6.45) is 3.74. The highest BCUT2D eigenvalue weighted by Crippen LogP contribution is 2.39. The summed E-state index contributed by atoms with van der Waals surface area (Å²) < 4.78 is 38.6. The van der Waals surface area contributed by atoms with Gasteiger partial charge in [0.05, 0.1) is 6.42 Å². The van der Waals surface area contributed by atoms with Gasteiger partial charge in [0.1, 0.15) is 11.5 Å². The van der Waals surface area contributed by atoms with E-state index in [0.717, 1.165) is 49.5 Å². The van der Waals surface area contributed by atoms with Gasteiger partial charge in [0, 0.05) is 49.2 Å². The van der Waals surface area contributed by atoms with Gasteiger partial charge in [0.25, 0.3) is 0 Å². The van der Waals surface area contributed by atoms with Crippen LogP contribution in [0.4, 0.5) is 30.8 Å². The second-order valence-electron chi connectivity index (χ2n) is 9.76. The Morgan fingerprint density at radius 1 is 1.05 bits per heavy atom. The van der Waals surface area contributed by atoms with Gasteiger partial charge in [0.15, 0.2) is 5.82 Å². The molecule has 0 spiro atoms. The number of carbonyl (C=O) groups is 1. The van der Waals surface area contributed by atoms with Crippen molar-refractivity contribution in [3.63, 3.8) is 0 Å². The maximum atomic E-state index is 12.9. The highest BCUT2D eigenvalue weighted by atomic mass is 19.4. The van der Waals surface area contributed by atoms with Gasteiger partial charge in [0.2, 0.25) is 11.9 Å². The minimum absolute atomic E-state index is 0.0182. The summed E-state index contributed by atoms with van der Waals surface area (Å²) in [5.74, 6) is 2.30. The molecule has 2 fully saturated rings. The number of nitrogens with zero attached hydrogens (tertiary/aromatic N) is 5. The summed E-state index contributed by atoms with van der Waals surface area (Å²) in [5.41, 5.74) is 0.442. The van der Waals surface area contributed by atoms with E-state index in [1.807, 2.05) is 13.1 Å². The third-order valence-corrected chi connectivity index (χ3v) is 6.92. The first-order valence-electron chi connectivity index (χ1n) is 12.4. The van der Waals surface area contributed by atoms with Crippen molar-refractivity contribution < 1.29 is 18.0 Å². The van der Waals surface area contributed by atoms with E-state index in [1.54, 1.807) is 12.3 Å². The Hall–Kier alpha value is -3.70. The number of hydrogen-bond acceptors (Lipinski definition) is 7. The van der Waals surface area contributed by atoms with Crippen LogP contribution in [0.1, 0.15) is 61.4 Å². The first-order chi connectivity index (χ1) is 17.7. The molecule has 3 aromatic rings. The molecule has 37 heavy (non-hydrogen) atoms. The molecule has 0 atom stereocenters. The molecule has 0 bridgehead atoms. The molecule has 5 rings (SSSR count). The zero-order chi connectivity index (χ0) is 26.0. The third-order valence-electron chi connectivity index (χ3n) is 6.92. The lowest BCUT2D eigenvalue weighted by Gasteiger charge is -2.35. The number of alkyl halides is 3. The second kappa shape index (κ2) is 10.3. The number of pyridine rings is 1. The monoisotopic (exact) mass is 514 g/mol. The van der Waals surface area contributed by atoms with E-state index in [2.05, 4.69) is 40.7 Å². The van der Waals surface area contributed by atoms with E-state index < -0.39 is 11.9 Å². The number of carbonyl (C=O) groups excluding carboxylic acids is 1. The summed E-state index contributed by atoms with van der Waals surface area (Å²) in [6.45, 7) is 0. The normalized spacial score (nSPS) is 19.9. The Kier molecular flexibility index (Phi) is 6.98. The van der Waals surface area contributed by atoms with Gasteiger partial charge in [-0.3, -0.25) is 14.9 Å². The number of nitrogens with one attached hydrogen (secondary N) is 3. The van der Waals surface area contributed by atoms with E-state index in [9.17, 15) is 18.0 Å². The van der Waals surface area contributed by atoms with Crippen molar-refractivity contribution in [3.05, 3.63) is 53.6 Å². The molecule has 0 unspecified atom stereocenters. The lowest BCUT2D eigenvalue weighted by atomic mass is 9.90. The molecular weight excluding hydrogens is 485 g/mol. The van der Waals surface area contributed by atoms with Crippen molar-refractivity contribution in [2.24, 2.45) is 0 Å². The Morgan fingerprint density at radius 2 is 1.81 bits per heavy atom. The Bertz CT molecular complexity index is 1230. The zero-order valence-electron chi connectivity index (χ0n) is 20.4. The van der Waals surface area contributed by atoms with Crippen molar-refractivity contribution >= 4 is 23.5 Å². The number of H-pyrrole nitrogens is 1. The van der Waals surface area contributed by atoms with Crippen LogP contribution in [0.5, 0.6) is 0 Å². The zero-order valence-corrected chi connectivity index (χ0v) is 20.4. The van der Waals surface area contributed by atoms with Crippen LogP contribution in [-0.2, 0) is 17.4 Å². The fourth-order valence-electron chi connectivity index (χ4n) is 4.70. The summed E-state index contributed by atoms with van der Waals surface area (Å²) >= 11 is 0. The fourth-order valence-corrected chi connectivity index (χ4v) is 4.70. The summed E-state index contributed by atoms with van der Waals surface area (Å²) in [7, 11) is 1.96. The van der Waals surface area contributed by atoms with Crippen LogP contribution in [0.15, 0.2) is 36.7 Å². The summed E-state index contributed by atoms with van der Waals surface area (Å²) in [6, 6.07) is 6.37. The molecule has 12 heteroatoms. The minimum atomic E-state index is -4.53. The van der Waals surface area contributed by atoms with Crippen LogP contribution in [0, 0.1) is 0 Å². The average Bonchev–Trinajstić information content (AvgIpc) is 3.62. The number of amides is 1. The number of hydrogen-bond donors (Lipinski definition) is 3. The molecule has 3 heterocycles. The van der Waals surface area contributed by atoms with Crippen LogP contribution >= 0.6 is 0 Å². The molecule has 9 nitrogen and oxygen atoms in total. The molecule has 0 aliphatic heterocycles. The molecule has 3 aromatic heterocycles. The molecule has 3 N–H and O–H groups in total. The second-order valence-corrected chi connectivity index (χ2v) is 9.76. The molecule has 0 aromatic carbocycles. The van der Waals surface area contributed by atoms with Crippen molar-refractivity contribution in [1.29, 1.82) is 0 Å². The van der Waals surface area contributed by atoms with Gasteiger partial charge in [-0.25, -0.2) is 4.98 Å². The third kappa shape index (κ3) is 6.36. The first-order valence-corrected chi connectivity index (χ1v) is 12.4. The van der Waals surface area contributed by atoms with Gasteiger partial charge in [-0.1, -0.05) is 0 Å². The fraction of sp³-hybridized carbons (Fsp3) is 0.480. The first kappa shape index (κ1) is 25.0. The van der Waals surface area contributed by atoms with E-state index in [0.29, 0.717) is 17.7 Å². The molecule has 0 saturated heterocycles. The quantitative estimate of drug-likeness (QED) is 0.410. The standard InChI is InChI=1S/C25H29F3N8O/c1-36(24-30-11-9-21(33-24)32-22-14-19(34-35-22)16-2-3-16)18-6-4-17(5-7-18)31-23(37)13-15-8-10-29-20(12-15)25(26,27)28/h8-12,14,16-18H,2-7,13H2,1H3,(H,31,37)(H2,30,32,33,34,35)/t17-,18-. The number of aromatic nitrogens is 5. The predicted octanol–water partition coefficient (Wildman–Crippen LogP) is 4.34. The van der Waals surface area contributed by atoms with E-state index in [4.69, 9.17) is 0 Å². The highest BCUT2D eigenvalue weighted by molar-refractivity contribution is 5.78. The largest absolute Gasteiger partial charge is 0.433 e. The van der Waals surface area contributed by atoms with Crippen molar-refractivity contribution in [1.82, 2.24) is 30.5 Å². The number of halogens is 3. The smallest absolute Gasteiger partial charge is 0.353 e. The van der Waals surface area contributed by atoms with Gasteiger partial charge in [-0.2, -0.15) is 23.3 Å². The number of rotatable bonds is 8. The van der Waals surface area contributed by atoms with Gasteiger partial charge in [-0.15, -0.1) is 0 Å². The highest BCUT2D eigenvalue weighted by Gasteiger charge is 2.33. The minimum Gasteiger partial charge on any atom is -0.353 e. The van der Waals surface area contributed by atoms with Crippen molar-refractivity contribution in [2.75, 3.05) is 17.3 Å². The Balaban J connectivity index is 1.11. The predicted molar refractivity (Wildman–Crippen MR) is 131 cm³/mol. The van der Waals surface area contributed by atoms with Crippen LogP contribution in [0.2, 0.25) is 0 Å². The lowest BCUT2D eigenvalue weighted by molar-refractivity contribution is -0.141. The lowest BCUT2D eigenvalue weighted by Crippen LogP contribution is -2.43. The molecular formula is C25H29F3N8O. The SMILES string of the molecule is CN(c1nccc(Nc2cc(C3CC3)[nH]n2)n1)[C@H]1CC[C@H](NC(=O)Cc2ccnc(C(F)(F)F)c2)CC1. The Labute approximate surface area is 212 Å². The van der Waals surface area contributed by atoms with Crippen LogP contribution in [0.3, 0.4) is 0 Å². The number of aromatic amines is 1. The van der Waals surface area contributed by atoms with Crippen LogP contribution < -0.4 is 15.5 Å².